The van der Waals surface area contributed by atoms with Crippen LogP contribution in [0.4, 0.5) is 5.69 Å². The third-order valence-electron chi connectivity index (χ3n) is 3.10. The van der Waals surface area contributed by atoms with E-state index in [-0.39, 0.29) is 5.91 Å². The van der Waals surface area contributed by atoms with Gasteiger partial charge in [0.05, 0.1) is 0 Å². The van der Waals surface area contributed by atoms with Gasteiger partial charge in [-0.1, -0.05) is 36.4 Å². The number of rotatable bonds is 6. The summed E-state index contributed by atoms with van der Waals surface area (Å²) in [5.41, 5.74) is 7.36. The molecule has 0 aliphatic rings. The number of para-hydroxylation sites is 2. The highest BCUT2D eigenvalue weighted by atomic mass is 16.5. The van der Waals surface area contributed by atoms with Gasteiger partial charge in [-0.05, 0) is 43.7 Å². The number of hydrogen-bond acceptors (Lipinski definition) is 3. The van der Waals surface area contributed by atoms with Gasteiger partial charge < -0.3 is 15.8 Å². The summed E-state index contributed by atoms with van der Waals surface area (Å²) in [7, 11) is 0. The van der Waals surface area contributed by atoms with Crippen molar-refractivity contribution in [3.8, 4) is 5.75 Å². The van der Waals surface area contributed by atoms with E-state index in [1.807, 2.05) is 54.6 Å². The summed E-state index contributed by atoms with van der Waals surface area (Å²) in [5, 5.41) is 2.82. The third-order valence-corrected chi connectivity index (χ3v) is 3.10. The first-order valence-electron chi connectivity index (χ1n) is 7.01. The highest BCUT2D eigenvalue weighted by Gasteiger charge is 2.16. The maximum atomic E-state index is 12.1. The first-order chi connectivity index (χ1) is 10.2. The molecule has 0 saturated heterocycles. The fourth-order valence-corrected chi connectivity index (χ4v) is 1.99. The van der Waals surface area contributed by atoms with E-state index >= 15 is 0 Å². The Kier molecular flexibility index (Phi) is 5.35. The molecule has 1 unspecified atom stereocenters. The van der Waals surface area contributed by atoms with E-state index < -0.39 is 6.10 Å². The molecular weight excluding hydrogens is 264 g/mol. The van der Waals surface area contributed by atoms with Crippen LogP contribution in [0.1, 0.15) is 12.5 Å². The van der Waals surface area contributed by atoms with Gasteiger partial charge >= 0.3 is 0 Å². The summed E-state index contributed by atoms with van der Waals surface area (Å²) >= 11 is 0. The average Bonchev–Trinajstić information content (AvgIpc) is 2.50. The molecule has 0 radical (unpaired) electrons. The zero-order valence-corrected chi connectivity index (χ0v) is 12.1. The Morgan fingerprint density at radius 3 is 2.52 bits per heavy atom. The Labute approximate surface area is 124 Å². The zero-order chi connectivity index (χ0) is 15.1. The van der Waals surface area contributed by atoms with Crippen molar-refractivity contribution in [2.75, 3.05) is 11.9 Å². The van der Waals surface area contributed by atoms with E-state index in [0.29, 0.717) is 12.3 Å². The number of carbonyl (C=O) groups excluding carboxylic acids is 1. The third kappa shape index (κ3) is 4.33. The fourth-order valence-electron chi connectivity index (χ4n) is 1.99. The van der Waals surface area contributed by atoms with Crippen LogP contribution >= 0.6 is 0 Å². The van der Waals surface area contributed by atoms with Gasteiger partial charge in [-0.2, -0.15) is 0 Å². The second-order valence-electron chi connectivity index (χ2n) is 4.76. The minimum Gasteiger partial charge on any atom is -0.481 e. The van der Waals surface area contributed by atoms with Crippen molar-refractivity contribution >= 4 is 11.6 Å². The molecule has 0 heterocycles. The number of ether oxygens (including phenoxy) is 1. The Morgan fingerprint density at radius 2 is 1.81 bits per heavy atom. The van der Waals surface area contributed by atoms with E-state index in [0.717, 1.165) is 17.7 Å². The molecule has 2 rings (SSSR count). The SMILES string of the molecule is CC(Oc1ccccc1CCN)C(=O)Nc1ccccc1. The molecule has 0 spiro atoms. The lowest BCUT2D eigenvalue weighted by atomic mass is 10.1. The summed E-state index contributed by atoms with van der Waals surface area (Å²) < 4.78 is 5.76. The Balaban J connectivity index is 2.01. The van der Waals surface area contributed by atoms with Crippen molar-refractivity contribution in [1.29, 1.82) is 0 Å². The van der Waals surface area contributed by atoms with E-state index in [1.165, 1.54) is 0 Å². The second-order valence-corrected chi connectivity index (χ2v) is 4.76. The number of benzene rings is 2. The summed E-state index contributed by atoms with van der Waals surface area (Å²) in [5.74, 6) is 0.530. The molecule has 2 aromatic carbocycles. The Morgan fingerprint density at radius 1 is 1.14 bits per heavy atom. The van der Waals surface area contributed by atoms with Crippen LogP contribution in [-0.4, -0.2) is 18.6 Å². The van der Waals surface area contributed by atoms with Crippen LogP contribution in [0.2, 0.25) is 0 Å². The molecule has 4 nitrogen and oxygen atoms in total. The van der Waals surface area contributed by atoms with Crippen LogP contribution in [0.3, 0.4) is 0 Å². The molecule has 110 valence electrons. The first-order valence-corrected chi connectivity index (χ1v) is 7.01. The van der Waals surface area contributed by atoms with Crippen LogP contribution < -0.4 is 15.8 Å². The molecule has 3 N–H and O–H groups in total. The number of nitrogens with two attached hydrogens (primary N) is 1. The molecule has 1 amide bonds. The van der Waals surface area contributed by atoms with Crippen LogP contribution in [0.15, 0.2) is 54.6 Å². The number of amides is 1. The number of anilines is 1. The smallest absolute Gasteiger partial charge is 0.265 e. The van der Waals surface area contributed by atoms with Gasteiger partial charge in [0, 0.05) is 5.69 Å². The predicted molar refractivity (Wildman–Crippen MR) is 84.4 cm³/mol. The lowest BCUT2D eigenvalue weighted by molar-refractivity contribution is -0.122. The van der Waals surface area contributed by atoms with Crippen molar-refractivity contribution in [1.82, 2.24) is 0 Å². The highest BCUT2D eigenvalue weighted by Crippen LogP contribution is 2.20. The van der Waals surface area contributed by atoms with Gasteiger partial charge in [-0.15, -0.1) is 0 Å². The van der Waals surface area contributed by atoms with Gasteiger partial charge in [-0.3, -0.25) is 4.79 Å². The molecule has 1 atom stereocenters. The van der Waals surface area contributed by atoms with E-state index in [2.05, 4.69) is 5.32 Å². The minimum absolute atomic E-state index is 0.177. The van der Waals surface area contributed by atoms with Crippen molar-refractivity contribution in [2.45, 2.75) is 19.4 Å². The molecule has 2 aromatic rings. The van der Waals surface area contributed by atoms with Gasteiger partial charge in [0.1, 0.15) is 5.75 Å². The zero-order valence-electron chi connectivity index (χ0n) is 12.1. The molecule has 0 saturated carbocycles. The van der Waals surface area contributed by atoms with Gasteiger partial charge in [0.25, 0.3) is 5.91 Å². The maximum Gasteiger partial charge on any atom is 0.265 e. The van der Waals surface area contributed by atoms with Crippen LogP contribution in [0, 0.1) is 0 Å². The predicted octanol–water partition coefficient (Wildman–Crippen LogP) is 2.59. The molecule has 0 fully saturated rings. The standard InChI is InChI=1S/C17H20N2O2/c1-13(17(20)19-15-8-3-2-4-9-15)21-16-10-6-5-7-14(16)11-12-18/h2-10,13H,11-12,18H2,1H3,(H,19,20). The molecule has 0 bridgehead atoms. The molecule has 21 heavy (non-hydrogen) atoms. The van der Waals surface area contributed by atoms with E-state index in [9.17, 15) is 4.79 Å². The summed E-state index contributed by atoms with van der Waals surface area (Å²) in [4.78, 5) is 12.1. The fraction of sp³-hybridized carbons (Fsp3) is 0.235. The second kappa shape index (κ2) is 7.45. The Bertz CT molecular complexity index is 584. The normalized spacial score (nSPS) is 11.7. The lowest BCUT2D eigenvalue weighted by Gasteiger charge is -2.17. The molecule has 0 aliphatic carbocycles. The molecule has 4 heteroatoms. The van der Waals surface area contributed by atoms with E-state index in [1.54, 1.807) is 6.92 Å². The quantitative estimate of drug-likeness (QED) is 0.857. The van der Waals surface area contributed by atoms with Crippen molar-refractivity contribution in [3.63, 3.8) is 0 Å². The minimum atomic E-state index is -0.580. The number of hydrogen-bond donors (Lipinski definition) is 2. The van der Waals surface area contributed by atoms with Gasteiger partial charge in [0.2, 0.25) is 0 Å². The highest BCUT2D eigenvalue weighted by molar-refractivity contribution is 5.94. The monoisotopic (exact) mass is 284 g/mol. The van der Waals surface area contributed by atoms with Crippen molar-refractivity contribution < 1.29 is 9.53 Å². The maximum absolute atomic E-state index is 12.1. The number of nitrogens with one attached hydrogen (secondary N) is 1. The summed E-state index contributed by atoms with van der Waals surface area (Å²) in [6.45, 7) is 2.28. The average molecular weight is 284 g/mol. The lowest BCUT2D eigenvalue weighted by Crippen LogP contribution is -2.30. The van der Waals surface area contributed by atoms with Crippen molar-refractivity contribution in [3.05, 3.63) is 60.2 Å². The van der Waals surface area contributed by atoms with Crippen LogP contribution in [-0.2, 0) is 11.2 Å². The van der Waals surface area contributed by atoms with E-state index in [4.69, 9.17) is 10.5 Å². The largest absolute Gasteiger partial charge is 0.481 e. The molecule has 0 aliphatic heterocycles. The molecular formula is C17H20N2O2. The van der Waals surface area contributed by atoms with Crippen LogP contribution in [0.25, 0.3) is 0 Å². The Hall–Kier alpha value is -2.33. The first kappa shape index (κ1) is 15.1. The summed E-state index contributed by atoms with van der Waals surface area (Å²) in [6, 6.07) is 17.0. The topological polar surface area (TPSA) is 64.3 Å². The number of carbonyl (C=O) groups is 1. The molecule has 0 aromatic heterocycles. The van der Waals surface area contributed by atoms with Crippen molar-refractivity contribution in [2.24, 2.45) is 5.73 Å². The van der Waals surface area contributed by atoms with Gasteiger partial charge in [0.15, 0.2) is 6.10 Å². The summed E-state index contributed by atoms with van der Waals surface area (Å²) in [6.07, 6.45) is 0.146. The van der Waals surface area contributed by atoms with Crippen LogP contribution in [0.5, 0.6) is 5.75 Å². The van der Waals surface area contributed by atoms with Gasteiger partial charge in [-0.25, -0.2) is 0 Å².